The van der Waals surface area contributed by atoms with E-state index in [0.29, 0.717) is 12.7 Å². The maximum Gasteiger partial charge on any atom is 0.231 e. The molecular formula is C22H22O2. The third-order valence-corrected chi connectivity index (χ3v) is 5.94. The Labute approximate surface area is 143 Å². The van der Waals surface area contributed by atoms with E-state index in [4.69, 9.17) is 9.47 Å². The summed E-state index contributed by atoms with van der Waals surface area (Å²) in [7, 11) is 0. The number of hydrogen-bond acceptors (Lipinski definition) is 2. The van der Waals surface area contributed by atoms with E-state index in [1.165, 1.54) is 36.0 Å². The van der Waals surface area contributed by atoms with Gasteiger partial charge in [0.15, 0.2) is 11.5 Å². The largest absolute Gasteiger partial charge is 0.454 e. The predicted molar refractivity (Wildman–Crippen MR) is 95.3 cm³/mol. The molecule has 2 saturated carbocycles. The Morgan fingerprint density at radius 2 is 1.79 bits per heavy atom. The van der Waals surface area contributed by atoms with Gasteiger partial charge in [-0.25, -0.2) is 0 Å². The number of benzene rings is 2. The molecule has 2 aliphatic carbocycles. The zero-order valence-corrected chi connectivity index (χ0v) is 14.0. The van der Waals surface area contributed by atoms with Crippen molar-refractivity contribution < 1.29 is 9.47 Å². The smallest absolute Gasteiger partial charge is 0.231 e. The lowest BCUT2D eigenvalue weighted by molar-refractivity contribution is 0.174. The first-order valence-corrected chi connectivity index (χ1v) is 8.95. The first kappa shape index (κ1) is 14.2. The standard InChI is InChI=1S/C22H22O2/c1-14-2-5-16(6-3-14)22-18-8-7-17(12-18)19(22)10-15-4-9-20-21(11-15)24-13-23-20/h2-6,9-11,17-18,22H,7-8,12-13H2,1H3/b19-10+/t17-,18+,22-/m0/s1. The van der Waals surface area contributed by atoms with Crippen LogP contribution in [0.4, 0.5) is 0 Å². The maximum atomic E-state index is 5.54. The molecule has 3 aliphatic rings. The van der Waals surface area contributed by atoms with E-state index in [0.717, 1.165) is 23.3 Å². The Morgan fingerprint density at radius 1 is 0.958 bits per heavy atom. The van der Waals surface area contributed by atoms with Crippen LogP contribution in [0.5, 0.6) is 11.5 Å². The van der Waals surface area contributed by atoms with Crippen molar-refractivity contribution in [2.75, 3.05) is 6.79 Å². The fourth-order valence-electron chi connectivity index (χ4n) is 4.79. The van der Waals surface area contributed by atoms with Crippen molar-refractivity contribution in [3.63, 3.8) is 0 Å². The van der Waals surface area contributed by atoms with E-state index >= 15 is 0 Å². The third-order valence-electron chi connectivity index (χ3n) is 5.94. The fourth-order valence-corrected chi connectivity index (χ4v) is 4.79. The minimum Gasteiger partial charge on any atom is -0.454 e. The molecule has 0 radical (unpaired) electrons. The normalized spacial score (nSPS) is 28.7. The molecule has 2 aromatic carbocycles. The summed E-state index contributed by atoms with van der Waals surface area (Å²) in [6.07, 6.45) is 6.50. The Kier molecular flexibility index (Phi) is 3.19. The van der Waals surface area contributed by atoms with E-state index in [9.17, 15) is 0 Å². The lowest BCUT2D eigenvalue weighted by Gasteiger charge is -2.26. The second kappa shape index (κ2) is 5.41. The molecule has 0 saturated heterocycles. The number of ether oxygens (including phenoxy) is 2. The van der Waals surface area contributed by atoms with Crippen LogP contribution in [0.1, 0.15) is 41.9 Å². The van der Waals surface area contributed by atoms with Gasteiger partial charge in [0.1, 0.15) is 0 Å². The number of rotatable bonds is 2. The van der Waals surface area contributed by atoms with Crippen molar-refractivity contribution in [3.05, 3.63) is 64.7 Å². The van der Waals surface area contributed by atoms with Crippen LogP contribution in [0.2, 0.25) is 0 Å². The Hall–Kier alpha value is -2.22. The average Bonchev–Trinajstić information content (AvgIpc) is 3.31. The highest BCUT2D eigenvalue weighted by Gasteiger charge is 2.43. The Balaban J connectivity index is 1.54. The molecule has 0 N–H and O–H groups in total. The van der Waals surface area contributed by atoms with Gasteiger partial charge in [-0.05, 0) is 61.3 Å². The topological polar surface area (TPSA) is 18.5 Å². The highest BCUT2D eigenvalue weighted by molar-refractivity contribution is 5.62. The maximum absolute atomic E-state index is 5.54. The molecule has 0 amide bonds. The van der Waals surface area contributed by atoms with Gasteiger partial charge in [0.2, 0.25) is 6.79 Å². The van der Waals surface area contributed by atoms with Crippen LogP contribution in [0.3, 0.4) is 0 Å². The summed E-state index contributed by atoms with van der Waals surface area (Å²) in [4.78, 5) is 0. The van der Waals surface area contributed by atoms with Crippen molar-refractivity contribution in [2.24, 2.45) is 11.8 Å². The van der Waals surface area contributed by atoms with Crippen LogP contribution in [0.25, 0.3) is 6.08 Å². The summed E-state index contributed by atoms with van der Waals surface area (Å²) >= 11 is 0. The molecule has 0 spiro atoms. The van der Waals surface area contributed by atoms with Gasteiger partial charge in [0.25, 0.3) is 0 Å². The van der Waals surface area contributed by atoms with Gasteiger partial charge in [-0.3, -0.25) is 0 Å². The van der Waals surface area contributed by atoms with Gasteiger partial charge < -0.3 is 9.47 Å². The molecule has 1 heterocycles. The summed E-state index contributed by atoms with van der Waals surface area (Å²) < 4.78 is 11.0. The van der Waals surface area contributed by atoms with E-state index in [2.05, 4.69) is 49.4 Å². The first-order valence-electron chi connectivity index (χ1n) is 8.95. The summed E-state index contributed by atoms with van der Waals surface area (Å²) in [6, 6.07) is 15.5. The van der Waals surface area contributed by atoms with E-state index in [-0.39, 0.29) is 0 Å². The second-order valence-electron chi connectivity index (χ2n) is 7.42. The zero-order valence-electron chi connectivity index (χ0n) is 14.0. The monoisotopic (exact) mass is 318 g/mol. The molecule has 2 nitrogen and oxygen atoms in total. The van der Waals surface area contributed by atoms with Crippen molar-refractivity contribution in [2.45, 2.75) is 32.1 Å². The van der Waals surface area contributed by atoms with E-state index in [1.807, 2.05) is 6.07 Å². The highest BCUT2D eigenvalue weighted by atomic mass is 16.7. The predicted octanol–water partition coefficient (Wildman–Crippen LogP) is 5.32. The van der Waals surface area contributed by atoms with Crippen LogP contribution in [0, 0.1) is 18.8 Å². The minimum absolute atomic E-state index is 0.339. The van der Waals surface area contributed by atoms with Gasteiger partial charge in [-0.2, -0.15) is 0 Å². The minimum atomic E-state index is 0.339. The first-order chi connectivity index (χ1) is 11.8. The van der Waals surface area contributed by atoms with Gasteiger partial charge in [-0.1, -0.05) is 47.5 Å². The molecule has 5 rings (SSSR count). The quantitative estimate of drug-likeness (QED) is 0.746. The van der Waals surface area contributed by atoms with Crippen LogP contribution in [-0.4, -0.2) is 6.79 Å². The van der Waals surface area contributed by atoms with Crippen molar-refractivity contribution in [1.29, 1.82) is 0 Å². The number of aryl methyl sites for hydroxylation is 1. The summed E-state index contributed by atoms with van der Waals surface area (Å²) in [5.41, 5.74) is 5.68. The molecule has 2 fully saturated rings. The lowest BCUT2D eigenvalue weighted by atomic mass is 9.79. The molecule has 0 unspecified atom stereocenters. The van der Waals surface area contributed by atoms with Crippen LogP contribution < -0.4 is 9.47 Å². The number of allylic oxidation sites excluding steroid dienone is 1. The third kappa shape index (κ3) is 2.24. The van der Waals surface area contributed by atoms with Crippen LogP contribution >= 0.6 is 0 Å². The fraction of sp³-hybridized carbons (Fsp3) is 0.364. The zero-order chi connectivity index (χ0) is 16.1. The molecule has 3 atom stereocenters. The van der Waals surface area contributed by atoms with Gasteiger partial charge in [0.05, 0.1) is 0 Å². The molecule has 24 heavy (non-hydrogen) atoms. The van der Waals surface area contributed by atoms with Gasteiger partial charge >= 0.3 is 0 Å². The Morgan fingerprint density at radius 3 is 2.67 bits per heavy atom. The Bertz CT molecular complexity index is 803. The van der Waals surface area contributed by atoms with E-state index in [1.54, 1.807) is 5.57 Å². The molecule has 2 heteroatoms. The van der Waals surface area contributed by atoms with Crippen molar-refractivity contribution in [1.82, 2.24) is 0 Å². The molecule has 122 valence electrons. The highest BCUT2D eigenvalue weighted by Crippen LogP contribution is 2.57. The van der Waals surface area contributed by atoms with Crippen molar-refractivity contribution in [3.8, 4) is 11.5 Å². The average molecular weight is 318 g/mol. The summed E-state index contributed by atoms with van der Waals surface area (Å²) in [5.74, 6) is 3.90. The number of fused-ring (bicyclic) bond motifs is 3. The molecular weight excluding hydrogens is 296 g/mol. The molecule has 2 bridgehead atoms. The lowest BCUT2D eigenvalue weighted by Crippen LogP contribution is -2.11. The molecule has 2 aromatic rings. The van der Waals surface area contributed by atoms with E-state index < -0.39 is 0 Å². The van der Waals surface area contributed by atoms with Crippen molar-refractivity contribution >= 4 is 6.08 Å². The molecule has 1 aliphatic heterocycles. The SMILES string of the molecule is Cc1ccc([C@@H]2/C(=C/c3ccc4c(c3)OCO4)[C@H]3CC[C@@H]2C3)cc1. The van der Waals surface area contributed by atoms with Gasteiger partial charge in [-0.15, -0.1) is 0 Å². The van der Waals surface area contributed by atoms with Crippen LogP contribution in [0.15, 0.2) is 48.0 Å². The number of hydrogen-bond donors (Lipinski definition) is 0. The second-order valence-corrected chi connectivity index (χ2v) is 7.42. The van der Waals surface area contributed by atoms with Crippen LogP contribution in [-0.2, 0) is 0 Å². The summed E-state index contributed by atoms with van der Waals surface area (Å²) in [6.45, 7) is 2.50. The molecule has 0 aromatic heterocycles. The summed E-state index contributed by atoms with van der Waals surface area (Å²) in [5, 5.41) is 0. The van der Waals surface area contributed by atoms with Gasteiger partial charge in [0, 0.05) is 5.92 Å².